The van der Waals surface area contributed by atoms with Crippen molar-refractivity contribution in [1.82, 2.24) is 4.90 Å². The molecule has 1 aliphatic rings. The van der Waals surface area contributed by atoms with E-state index in [1.807, 2.05) is 13.8 Å². The average Bonchev–Trinajstić information content (AvgIpc) is 3.07. The minimum Gasteiger partial charge on any atom is -0.456 e. The lowest BCUT2D eigenvalue weighted by Crippen LogP contribution is -2.42. The highest BCUT2D eigenvalue weighted by atomic mass is 79.9. The summed E-state index contributed by atoms with van der Waals surface area (Å²) in [4.78, 5) is 37.8. The van der Waals surface area contributed by atoms with Crippen molar-refractivity contribution in [3.8, 4) is 0 Å². The summed E-state index contributed by atoms with van der Waals surface area (Å²) in [7, 11) is 0. The van der Waals surface area contributed by atoms with Gasteiger partial charge in [-0.1, -0.05) is 41.9 Å². The Balaban J connectivity index is 1.87. The van der Waals surface area contributed by atoms with Crippen LogP contribution in [0.4, 0.5) is 4.79 Å². The number of benzene rings is 1. The number of rotatable bonds is 6. The first-order chi connectivity index (χ1) is 11.9. The van der Waals surface area contributed by atoms with Gasteiger partial charge < -0.3 is 9.47 Å². The summed E-state index contributed by atoms with van der Waals surface area (Å²) < 4.78 is 11.2. The van der Waals surface area contributed by atoms with E-state index in [1.54, 1.807) is 24.3 Å². The van der Waals surface area contributed by atoms with E-state index in [-0.39, 0.29) is 18.3 Å². The van der Waals surface area contributed by atoms with Crippen molar-refractivity contribution in [2.24, 2.45) is 5.92 Å². The molecule has 1 aromatic carbocycles. The number of ketones is 1. The van der Waals surface area contributed by atoms with Crippen LogP contribution in [0.3, 0.4) is 0 Å². The number of ether oxygens (including phenoxy) is 2. The molecule has 1 aliphatic heterocycles. The molecule has 0 bridgehead atoms. The van der Waals surface area contributed by atoms with Crippen molar-refractivity contribution >= 4 is 33.8 Å². The summed E-state index contributed by atoms with van der Waals surface area (Å²) in [5.41, 5.74) is 0.468. The van der Waals surface area contributed by atoms with Gasteiger partial charge in [0, 0.05) is 16.6 Å². The first-order valence-electron chi connectivity index (χ1n) is 8.27. The van der Waals surface area contributed by atoms with E-state index in [0.29, 0.717) is 31.6 Å². The second-order valence-corrected chi connectivity index (χ2v) is 7.28. The smallest absolute Gasteiger partial charge is 0.410 e. The molecule has 1 aromatic rings. The number of hydrogen-bond acceptors (Lipinski definition) is 5. The van der Waals surface area contributed by atoms with Crippen molar-refractivity contribution in [1.29, 1.82) is 0 Å². The highest BCUT2D eigenvalue weighted by Gasteiger charge is 2.36. The minimum absolute atomic E-state index is 0.223. The number of nitrogens with zero attached hydrogens (tertiary/aromatic N) is 1. The monoisotopic (exact) mass is 411 g/mol. The Bertz CT molecular complexity index is 629. The maximum atomic E-state index is 12.3. The van der Waals surface area contributed by atoms with Gasteiger partial charge in [0.05, 0.1) is 6.61 Å². The Morgan fingerprint density at radius 3 is 2.52 bits per heavy atom. The largest absolute Gasteiger partial charge is 0.456 e. The minimum atomic E-state index is -0.683. The Morgan fingerprint density at radius 1 is 1.20 bits per heavy atom. The van der Waals surface area contributed by atoms with Gasteiger partial charge in [-0.3, -0.25) is 9.69 Å². The molecule has 1 amide bonds. The quantitative estimate of drug-likeness (QED) is 0.529. The van der Waals surface area contributed by atoms with Crippen LogP contribution in [0.25, 0.3) is 0 Å². The van der Waals surface area contributed by atoms with Gasteiger partial charge in [-0.2, -0.15) is 0 Å². The Hall–Kier alpha value is -1.89. The van der Waals surface area contributed by atoms with Crippen LogP contribution in [-0.2, 0) is 14.3 Å². The van der Waals surface area contributed by atoms with Gasteiger partial charge in [0.25, 0.3) is 0 Å². The van der Waals surface area contributed by atoms with Crippen LogP contribution in [0.2, 0.25) is 0 Å². The predicted molar refractivity (Wildman–Crippen MR) is 95.3 cm³/mol. The van der Waals surface area contributed by atoms with Gasteiger partial charge in [-0.05, 0) is 30.9 Å². The number of likely N-dealkylation sites (tertiary alicyclic amines) is 1. The second kappa shape index (κ2) is 8.99. The summed E-state index contributed by atoms with van der Waals surface area (Å²) in [5.74, 6) is -0.627. The van der Waals surface area contributed by atoms with Crippen molar-refractivity contribution in [3.05, 3.63) is 34.3 Å². The predicted octanol–water partition coefficient (Wildman–Crippen LogP) is 3.43. The van der Waals surface area contributed by atoms with E-state index >= 15 is 0 Å². The summed E-state index contributed by atoms with van der Waals surface area (Å²) in [6, 6.07) is 6.13. The Labute approximate surface area is 155 Å². The molecule has 1 unspecified atom stereocenters. The number of amides is 1. The Morgan fingerprint density at radius 2 is 1.88 bits per heavy atom. The van der Waals surface area contributed by atoms with Crippen molar-refractivity contribution in [3.63, 3.8) is 0 Å². The third-order valence-electron chi connectivity index (χ3n) is 3.81. The number of halogens is 1. The van der Waals surface area contributed by atoms with Gasteiger partial charge in [0.1, 0.15) is 6.04 Å². The molecule has 0 aromatic heterocycles. The molecule has 1 atom stereocenters. The van der Waals surface area contributed by atoms with Crippen LogP contribution in [-0.4, -0.2) is 48.5 Å². The van der Waals surface area contributed by atoms with Crippen LogP contribution in [0.15, 0.2) is 28.7 Å². The highest BCUT2D eigenvalue weighted by Crippen LogP contribution is 2.20. The van der Waals surface area contributed by atoms with Crippen molar-refractivity contribution in [2.45, 2.75) is 32.7 Å². The van der Waals surface area contributed by atoms with Crippen molar-refractivity contribution < 1.29 is 23.9 Å². The zero-order chi connectivity index (χ0) is 18.4. The molecule has 25 heavy (non-hydrogen) atoms. The van der Waals surface area contributed by atoms with Crippen molar-refractivity contribution in [2.75, 3.05) is 19.8 Å². The Kier molecular flexibility index (Phi) is 6.99. The van der Waals surface area contributed by atoms with E-state index in [0.717, 1.165) is 4.47 Å². The summed E-state index contributed by atoms with van der Waals surface area (Å²) in [5, 5.41) is 0. The summed E-state index contributed by atoms with van der Waals surface area (Å²) >= 11 is 3.30. The van der Waals surface area contributed by atoms with Gasteiger partial charge >= 0.3 is 12.1 Å². The van der Waals surface area contributed by atoms with Gasteiger partial charge in [0.2, 0.25) is 0 Å². The van der Waals surface area contributed by atoms with E-state index in [2.05, 4.69) is 15.9 Å². The van der Waals surface area contributed by atoms with Gasteiger partial charge in [-0.15, -0.1) is 0 Å². The SMILES string of the molecule is CC(C)COC(=O)N1CCCC1C(=O)OCC(=O)c1ccc(Br)cc1. The zero-order valence-corrected chi connectivity index (χ0v) is 16.0. The molecule has 2 rings (SSSR count). The van der Waals surface area contributed by atoms with E-state index in [4.69, 9.17) is 9.47 Å². The molecule has 0 aliphatic carbocycles. The average molecular weight is 412 g/mol. The van der Waals surface area contributed by atoms with Crippen LogP contribution >= 0.6 is 15.9 Å². The molecular weight excluding hydrogens is 390 g/mol. The zero-order valence-electron chi connectivity index (χ0n) is 14.4. The van der Waals surface area contributed by atoms with Crippen LogP contribution < -0.4 is 0 Å². The molecule has 0 spiro atoms. The number of carbonyl (C=O) groups is 3. The van der Waals surface area contributed by atoms with E-state index in [9.17, 15) is 14.4 Å². The van der Waals surface area contributed by atoms with Gasteiger partial charge in [0.15, 0.2) is 12.4 Å². The lowest BCUT2D eigenvalue weighted by atomic mass is 10.1. The molecule has 6 nitrogen and oxygen atoms in total. The number of esters is 1. The normalized spacial score (nSPS) is 16.8. The highest BCUT2D eigenvalue weighted by molar-refractivity contribution is 9.10. The lowest BCUT2D eigenvalue weighted by Gasteiger charge is -2.23. The second-order valence-electron chi connectivity index (χ2n) is 6.36. The molecule has 136 valence electrons. The number of carbonyl (C=O) groups excluding carboxylic acids is 3. The third-order valence-corrected chi connectivity index (χ3v) is 4.34. The molecule has 1 fully saturated rings. The molecule has 7 heteroatoms. The van der Waals surface area contributed by atoms with E-state index in [1.165, 1.54) is 4.90 Å². The summed E-state index contributed by atoms with van der Waals surface area (Å²) in [6.07, 6.45) is 0.714. The fourth-order valence-corrected chi connectivity index (χ4v) is 2.77. The molecular formula is C18H22BrNO5. The van der Waals surface area contributed by atoms with Gasteiger partial charge in [-0.25, -0.2) is 9.59 Å². The first-order valence-corrected chi connectivity index (χ1v) is 9.06. The lowest BCUT2D eigenvalue weighted by molar-refractivity contribution is -0.147. The molecule has 0 saturated carbocycles. The molecule has 1 heterocycles. The topological polar surface area (TPSA) is 72.9 Å². The fraction of sp³-hybridized carbons (Fsp3) is 0.500. The number of hydrogen-bond donors (Lipinski definition) is 0. The van der Waals surface area contributed by atoms with Crippen LogP contribution in [0.5, 0.6) is 0 Å². The summed E-state index contributed by atoms with van der Waals surface area (Å²) in [6.45, 7) is 4.30. The number of Topliss-reactive ketones (excluding diaryl/α,β-unsaturated/α-hetero) is 1. The molecule has 1 saturated heterocycles. The third kappa shape index (κ3) is 5.56. The molecule has 0 N–H and O–H groups in total. The molecule has 0 radical (unpaired) electrons. The van der Waals surface area contributed by atoms with E-state index < -0.39 is 18.1 Å². The maximum absolute atomic E-state index is 12.3. The van der Waals surface area contributed by atoms with Crippen LogP contribution in [0, 0.1) is 5.92 Å². The fourth-order valence-electron chi connectivity index (χ4n) is 2.50. The standard InChI is InChI=1S/C18H22BrNO5/c1-12(2)10-25-18(23)20-9-3-4-15(20)17(22)24-11-16(21)13-5-7-14(19)8-6-13/h5-8,12,15H,3-4,9-11H2,1-2H3. The maximum Gasteiger partial charge on any atom is 0.410 e. The van der Waals surface area contributed by atoms with Crippen LogP contribution in [0.1, 0.15) is 37.0 Å². The first kappa shape index (κ1) is 19.4.